The lowest BCUT2D eigenvalue weighted by Crippen LogP contribution is -2.39. The molecule has 3 rings (SSSR count). The van der Waals surface area contributed by atoms with E-state index < -0.39 is 28.1 Å². The molecule has 39 heavy (non-hydrogen) atoms. The Balaban J connectivity index is 0.000000976. The summed E-state index contributed by atoms with van der Waals surface area (Å²) in [6.45, 7) is 2.61. The summed E-state index contributed by atoms with van der Waals surface area (Å²) in [4.78, 5) is 52.4. The summed E-state index contributed by atoms with van der Waals surface area (Å²) < 4.78 is 34.7. The summed E-state index contributed by atoms with van der Waals surface area (Å²) >= 11 is 0. The first kappa shape index (κ1) is 30.9. The van der Waals surface area contributed by atoms with Crippen molar-refractivity contribution >= 4 is 39.5 Å². The fourth-order valence-corrected chi connectivity index (χ4v) is 3.34. The van der Waals surface area contributed by atoms with E-state index in [1.165, 1.54) is 16.8 Å². The van der Waals surface area contributed by atoms with Gasteiger partial charge >= 0.3 is 22.2 Å². The van der Waals surface area contributed by atoms with Gasteiger partial charge in [0.15, 0.2) is 0 Å². The topological polar surface area (TPSA) is 192 Å². The highest BCUT2D eigenvalue weighted by Crippen LogP contribution is 2.19. The number of aromatic nitrogens is 2. The third kappa shape index (κ3) is 9.19. The largest absolute Gasteiger partial charge is 0.394 e. The van der Waals surface area contributed by atoms with E-state index in [2.05, 4.69) is 16.0 Å². The van der Waals surface area contributed by atoms with E-state index in [1.54, 1.807) is 42.9 Å². The van der Waals surface area contributed by atoms with E-state index in [0.717, 1.165) is 0 Å². The van der Waals surface area contributed by atoms with Crippen LogP contribution >= 0.6 is 0 Å². The van der Waals surface area contributed by atoms with E-state index in [9.17, 15) is 19.2 Å². The number of para-hydroxylation sites is 2. The zero-order valence-electron chi connectivity index (χ0n) is 21.7. The minimum absolute atomic E-state index is 0.117. The summed E-state index contributed by atoms with van der Waals surface area (Å²) in [5.74, 6) is -2.28. The van der Waals surface area contributed by atoms with Gasteiger partial charge in [-0.15, -0.1) is 0 Å². The lowest BCUT2D eigenvalue weighted by Gasteiger charge is -2.12. The molecule has 5 N–H and O–H groups in total. The van der Waals surface area contributed by atoms with Crippen LogP contribution in [0, 0.1) is 6.92 Å². The zero-order valence-corrected chi connectivity index (χ0v) is 22.5. The van der Waals surface area contributed by atoms with Crippen molar-refractivity contribution in [3.63, 3.8) is 0 Å². The normalized spacial score (nSPS) is 10.8. The number of carbonyl (C=O) groups is 3. The van der Waals surface area contributed by atoms with E-state index >= 15 is 0 Å². The molecule has 0 unspecified atom stereocenters. The Morgan fingerprint density at radius 2 is 1.49 bits per heavy atom. The molecule has 0 fully saturated rings. The van der Waals surface area contributed by atoms with Gasteiger partial charge in [0.05, 0.1) is 22.6 Å². The number of nitrogens with zero attached hydrogens (tertiary/aromatic N) is 3. The molecule has 0 saturated carbocycles. The molecule has 0 spiro atoms. The molecule has 0 radical (unpaired) electrons. The van der Waals surface area contributed by atoms with E-state index in [0.29, 0.717) is 24.5 Å². The molecule has 3 amide bonds. The lowest BCUT2D eigenvalue weighted by atomic mass is 10.1. The van der Waals surface area contributed by atoms with Crippen LogP contribution in [-0.4, -0.2) is 76.7 Å². The SMILES string of the molecule is Cc1c(NC(=O)c2ccccc2NC(=O)C(=O)NCCN(C)C)c(=O)n(-c2ccccc2)n1C.O=S(=O)(O)O. The number of nitrogens with one attached hydrogen (secondary N) is 3. The number of amides is 3. The molecular formula is C24H30N6O8S. The highest BCUT2D eigenvalue weighted by atomic mass is 32.3. The summed E-state index contributed by atoms with van der Waals surface area (Å²) in [5.41, 5.74) is 1.23. The Hall–Kier alpha value is -4.31. The molecule has 0 bridgehead atoms. The molecule has 0 aliphatic heterocycles. The molecule has 3 aromatic rings. The molecule has 2 aromatic carbocycles. The highest BCUT2D eigenvalue weighted by Gasteiger charge is 2.22. The van der Waals surface area contributed by atoms with Crippen molar-refractivity contribution in [3.05, 3.63) is 76.2 Å². The summed E-state index contributed by atoms with van der Waals surface area (Å²) in [7, 11) is 0.761. The lowest BCUT2D eigenvalue weighted by molar-refractivity contribution is -0.136. The number of hydrogen-bond donors (Lipinski definition) is 5. The second-order valence-corrected chi connectivity index (χ2v) is 9.29. The van der Waals surface area contributed by atoms with Gasteiger partial charge in [-0.3, -0.25) is 33.0 Å². The number of carbonyl (C=O) groups excluding carboxylic acids is 3. The van der Waals surface area contributed by atoms with Crippen LogP contribution < -0.4 is 21.5 Å². The van der Waals surface area contributed by atoms with Gasteiger partial charge in [-0.1, -0.05) is 30.3 Å². The van der Waals surface area contributed by atoms with Crippen LogP contribution in [0.4, 0.5) is 11.4 Å². The molecular weight excluding hydrogens is 532 g/mol. The van der Waals surface area contributed by atoms with Gasteiger partial charge in [0.2, 0.25) is 0 Å². The Morgan fingerprint density at radius 3 is 2.08 bits per heavy atom. The van der Waals surface area contributed by atoms with Gasteiger partial charge in [0.1, 0.15) is 5.69 Å². The number of rotatable bonds is 7. The van der Waals surface area contributed by atoms with Crippen molar-refractivity contribution in [2.24, 2.45) is 7.05 Å². The summed E-state index contributed by atoms with van der Waals surface area (Å²) in [5, 5.41) is 7.66. The summed E-state index contributed by atoms with van der Waals surface area (Å²) in [6.07, 6.45) is 0. The Bertz CT molecular complexity index is 1490. The van der Waals surface area contributed by atoms with Gasteiger partial charge in [0.25, 0.3) is 11.5 Å². The first-order chi connectivity index (χ1) is 18.2. The summed E-state index contributed by atoms with van der Waals surface area (Å²) in [6, 6.07) is 15.3. The molecule has 210 valence electrons. The van der Waals surface area contributed by atoms with Crippen LogP contribution in [0.25, 0.3) is 5.69 Å². The van der Waals surface area contributed by atoms with Crippen LogP contribution in [0.5, 0.6) is 0 Å². The fourth-order valence-electron chi connectivity index (χ4n) is 3.34. The average Bonchev–Trinajstić information content (AvgIpc) is 3.06. The molecule has 0 saturated heterocycles. The van der Waals surface area contributed by atoms with Crippen LogP contribution in [0.15, 0.2) is 59.4 Å². The monoisotopic (exact) mass is 562 g/mol. The molecule has 0 aliphatic carbocycles. The van der Waals surface area contributed by atoms with Crippen LogP contribution in [-0.2, 0) is 27.0 Å². The van der Waals surface area contributed by atoms with E-state index in [4.69, 9.17) is 17.5 Å². The van der Waals surface area contributed by atoms with Gasteiger partial charge < -0.3 is 20.9 Å². The Morgan fingerprint density at radius 1 is 0.923 bits per heavy atom. The van der Waals surface area contributed by atoms with Crippen molar-refractivity contribution in [3.8, 4) is 5.69 Å². The number of benzene rings is 2. The van der Waals surface area contributed by atoms with Crippen LogP contribution in [0.3, 0.4) is 0 Å². The first-order valence-corrected chi connectivity index (χ1v) is 12.8. The number of likely N-dealkylation sites (N-methyl/N-ethyl adjacent to an activating group) is 1. The van der Waals surface area contributed by atoms with Crippen LogP contribution in [0.2, 0.25) is 0 Å². The van der Waals surface area contributed by atoms with Gasteiger partial charge in [-0.2, -0.15) is 8.42 Å². The Labute approximate surface area is 224 Å². The van der Waals surface area contributed by atoms with Crippen molar-refractivity contribution in [1.82, 2.24) is 19.6 Å². The van der Waals surface area contributed by atoms with Gasteiger partial charge in [-0.25, -0.2) is 4.68 Å². The fraction of sp³-hybridized carbons (Fsp3) is 0.250. The molecule has 15 heteroatoms. The number of hydrogen-bond acceptors (Lipinski definition) is 7. The molecule has 14 nitrogen and oxygen atoms in total. The highest BCUT2D eigenvalue weighted by molar-refractivity contribution is 7.79. The third-order valence-corrected chi connectivity index (χ3v) is 5.26. The second kappa shape index (κ2) is 13.5. The third-order valence-electron chi connectivity index (χ3n) is 5.26. The predicted octanol–water partition coefficient (Wildman–Crippen LogP) is 0.700. The molecule has 1 aromatic heterocycles. The molecule has 1 heterocycles. The Kier molecular flexibility index (Phi) is 10.7. The maximum Gasteiger partial charge on any atom is 0.394 e. The standard InChI is InChI=1S/C24H28N6O4.H2O4S/c1-16-20(24(34)30(29(16)4)17-10-6-5-7-11-17)27-21(31)18-12-8-9-13-19(18)26-23(33)22(32)25-14-15-28(2)3;1-5(2,3)4/h5-13H,14-15H2,1-4H3,(H,25,32)(H,26,33)(H,27,31);(H2,1,2,3,4). The number of anilines is 2. The maximum atomic E-state index is 13.1. The maximum absolute atomic E-state index is 13.1. The molecule has 0 atom stereocenters. The van der Waals surface area contributed by atoms with Crippen molar-refractivity contribution in [1.29, 1.82) is 0 Å². The first-order valence-electron chi connectivity index (χ1n) is 11.4. The predicted molar refractivity (Wildman–Crippen MR) is 145 cm³/mol. The minimum atomic E-state index is -4.67. The second-order valence-electron chi connectivity index (χ2n) is 8.40. The average molecular weight is 563 g/mol. The smallest absolute Gasteiger partial charge is 0.347 e. The van der Waals surface area contributed by atoms with E-state index in [1.807, 2.05) is 37.2 Å². The molecule has 0 aliphatic rings. The van der Waals surface area contributed by atoms with Crippen LogP contribution in [0.1, 0.15) is 16.1 Å². The zero-order chi connectivity index (χ0) is 29.3. The van der Waals surface area contributed by atoms with Crippen molar-refractivity contribution in [2.75, 3.05) is 37.8 Å². The quantitative estimate of drug-likeness (QED) is 0.204. The minimum Gasteiger partial charge on any atom is -0.347 e. The van der Waals surface area contributed by atoms with Gasteiger partial charge in [0, 0.05) is 20.1 Å². The van der Waals surface area contributed by atoms with Gasteiger partial charge in [-0.05, 0) is 45.3 Å². The van der Waals surface area contributed by atoms with E-state index in [-0.39, 0.29) is 22.5 Å². The van der Waals surface area contributed by atoms with Crippen molar-refractivity contribution in [2.45, 2.75) is 6.92 Å². The van der Waals surface area contributed by atoms with Crippen molar-refractivity contribution < 1.29 is 31.9 Å².